The Labute approximate surface area is 82.5 Å². The fourth-order valence-electron chi connectivity index (χ4n) is 1.44. The lowest BCUT2D eigenvalue weighted by Crippen LogP contribution is -2.32. The summed E-state index contributed by atoms with van der Waals surface area (Å²) in [7, 11) is 0. The average molecular weight is 198 g/mol. The van der Waals surface area contributed by atoms with Crippen LogP contribution < -0.4 is 0 Å². The third-order valence-corrected chi connectivity index (χ3v) is 1.94. The molecule has 0 amide bonds. The molecule has 1 atom stereocenters. The topological polar surface area (TPSA) is 66.8 Å². The summed E-state index contributed by atoms with van der Waals surface area (Å²) in [4.78, 5) is 10.4. The van der Waals surface area contributed by atoms with Gasteiger partial charge in [-0.05, 0) is 13.0 Å². The van der Waals surface area contributed by atoms with Crippen molar-refractivity contribution >= 4 is 5.97 Å². The zero-order valence-electron chi connectivity index (χ0n) is 8.06. The van der Waals surface area contributed by atoms with Crippen molar-refractivity contribution in [3.8, 4) is 0 Å². The Kier molecular flexibility index (Phi) is 3.43. The molecule has 0 saturated carbocycles. The van der Waals surface area contributed by atoms with Gasteiger partial charge in [0.05, 0.1) is 6.42 Å². The maximum atomic E-state index is 10.4. The molecule has 0 fully saturated rings. The van der Waals surface area contributed by atoms with Crippen LogP contribution in [-0.2, 0) is 9.53 Å². The molecule has 0 aromatic carbocycles. The van der Waals surface area contributed by atoms with E-state index in [9.17, 15) is 9.90 Å². The second-order valence-corrected chi connectivity index (χ2v) is 3.21. The van der Waals surface area contributed by atoms with Crippen molar-refractivity contribution in [2.24, 2.45) is 0 Å². The van der Waals surface area contributed by atoms with Crippen molar-refractivity contribution in [1.29, 1.82) is 0 Å². The van der Waals surface area contributed by atoms with Crippen LogP contribution in [-0.4, -0.2) is 28.6 Å². The quantitative estimate of drug-likeness (QED) is 0.663. The highest BCUT2D eigenvalue weighted by Crippen LogP contribution is 2.25. The highest BCUT2D eigenvalue weighted by atomic mass is 16.6. The van der Waals surface area contributed by atoms with Gasteiger partial charge in [-0.1, -0.05) is 17.7 Å². The number of allylic oxidation sites excluding steroid dienone is 2. The summed E-state index contributed by atoms with van der Waals surface area (Å²) in [5, 5.41) is 18.4. The van der Waals surface area contributed by atoms with Gasteiger partial charge in [0.15, 0.2) is 5.79 Å². The highest BCUT2D eigenvalue weighted by Gasteiger charge is 2.27. The Morgan fingerprint density at radius 2 is 2.43 bits per heavy atom. The lowest BCUT2D eigenvalue weighted by atomic mass is 9.97. The molecule has 0 aromatic rings. The van der Waals surface area contributed by atoms with Gasteiger partial charge in [-0.2, -0.15) is 0 Å². The summed E-state index contributed by atoms with van der Waals surface area (Å²) >= 11 is 0. The van der Waals surface area contributed by atoms with Crippen molar-refractivity contribution in [2.45, 2.75) is 25.6 Å². The molecule has 0 aliphatic heterocycles. The summed E-state index contributed by atoms with van der Waals surface area (Å²) in [6, 6.07) is 0. The van der Waals surface area contributed by atoms with Crippen molar-refractivity contribution in [3.05, 3.63) is 23.8 Å². The smallest absolute Gasteiger partial charge is 0.307 e. The van der Waals surface area contributed by atoms with Crippen LogP contribution in [0, 0.1) is 0 Å². The SMILES string of the molecule is CCOC1(O)C=CC=C(CC(=O)O)C1. The molecule has 4 heteroatoms. The normalized spacial score (nSPS) is 26.0. The number of hydrogen-bond acceptors (Lipinski definition) is 3. The first-order valence-electron chi connectivity index (χ1n) is 4.51. The molecule has 0 saturated heterocycles. The molecule has 4 nitrogen and oxygen atoms in total. The summed E-state index contributed by atoms with van der Waals surface area (Å²) < 4.78 is 5.12. The number of carbonyl (C=O) groups is 1. The number of aliphatic hydroxyl groups is 1. The van der Waals surface area contributed by atoms with Crippen molar-refractivity contribution in [1.82, 2.24) is 0 Å². The Hall–Kier alpha value is -1.13. The largest absolute Gasteiger partial charge is 0.481 e. The molecule has 1 aliphatic rings. The first-order chi connectivity index (χ1) is 6.56. The third-order valence-electron chi connectivity index (χ3n) is 1.94. The molecular formula is C10H14O4. The van der Waals surface area contributed by atoms with Gasteiger partial charge in [0.1, 0.15) is 0 Å². The van der Waals surface area contributed by atoms with E-state index in [0.29, 0.717) is 12.2 Å². The predicted molar refractivity (Wildman–Crippen MR) is 50.7 cm³/mol. The van der Waals surface area contributed by atoms with Crippen LogP contribution in [0.25, 0.3) is 0 Å². The van der Waals surface area contributed by atoms with Crippen molar-refractivity contribution in [3.63, 3.8) is 0 Å². The van der Waals surface area contributed by atoms with Crippen LogP contribution in [0.1, 0.15) is 19.8 Å². The van der Waals surface area contributed by atoms with E-state index in [-0.39, 0.29) is 12.8 Å². The molecular weight excluding hydrogens is 184 g/mol. The second kappa shape index (κ2) is 4.39. The van der Waals surface area contributed by atoms with E-state index >= 15 is 0 Å². The molecule has 1 aliphatic carbocycles. The number of carboxylic acid groups (broad SMARTS) is 1. The van der Waals surface area contributed by atoms with Crippen LogP contribution in [0.15, 0.2) is 23.8 Å². The highest BCUT2D eigenvalue weighted by molar-refractivity contribution is 5.70. The zero-order valence-corrected chi connectivity index (χ0v) is 8.06. The summed E-state index contributed by atoms with van der Waals surface area (Å²) in [6.45, 7) is 2.17. The molecule has 0 spiro atoms. The summed E-state index contributed by atoms with van der Waals surface area (Å²) in [5.41, 5.74) is 0.663. The Bertz CT molecular complexity index is 280. The Morgan fingerprint density at radius 1 is 1.71 bits per heavy atom. The monoisotopic (exact) mass is 198 g/mol. The fourth-order valence-corrected chi connectivity index (χ4v) is 1.44. The van der Waals surface area contributed by atoms with E-state index in [4.69, 9.17) is 9.84 Å². The molecule has 2 N–H and O–H groups in total. The van der Waals surface area contributed by atoms with Crippen molar-refractivity contribution in [2.75, 3.05) is 6.61 Å². The number of carboxylic acids is 1. The average Bonchev–Trinajstić information content (AvgIpc) is 2.02. The minimum Gasteiger partial charge on any atom is -0.481 e. The van der Waals surface area contributed by atoms with E-state index in [2.05, 4.69) is 0 Å². The maximum absolute atomic E-state index is 10.4. The molecule has 0 heterocycles. The number of rotatable bonds is 4. The molecule has 0 aromatic heterocycles. The van der Waals surface area contributed by atoms with Crippen LogP contribution in [0.5, 0.6) is 0 Å². The van der Waals surface area contributed by atoms with E-state index in [1.165, 1.54) is 6.08 Å². The number of hydrogen-bond donors (Lipinski definition) is 2. The molecule has 0 radical (unpaired) electrons. The Morgan fingerprint density at radius 3 is 3.00 bits per heavy atom. The van der Waals surface area contributed by atoms with Gasteiger partial charge in [-0.15, -0.1) is 0 Å². The van der Waals surface area contributed by atoms with E-state index < -0.39 is 11.8 Å². The zero-order chi connectivity index (χ0) is 10.6. The van der Waals surface area contributed by atoms with Gasteiger partial charge in [-0.3, -0.25) is 4.79 Å². The molecule has 1 rings (SSSR count). The van der Waals surface area contributed by atoms with E-state index in [0.717, 1.165) is 0 Å². The minimum atomic E-state index is -1.33. The number of aliphatic carboxylic acids is 1. The second-order valence-electron chi connectivity index (χ2n) is 3.21. The third kappa shape index (κ3) is 2.97. The lowest BCUT2D eigenvalue weighted by Gasteiger charge is -2.27. The van der Waals surface area contributed by atoms with Crippen LogP contribution in [0.3, 0.4) is 0 Å². The molecule has 14 heavy (non-hydrogen) atoms. The maximum Gasteiger partial charge on any atom is 0.307 e. The Balaban J connectivity index is 2.63. The van der Waals surface area contributed by atoms with Crippen LogP contribution in [0.4, 0.5) is 0 Å². The predicted octanol–water partition coefficient (Wildman–Crippen LogP) is 1.07. The van der Waals surface area contributed by atoms with Gasteiger partial charge in [-0.25, -0.2) is 0 Å². The van der Waals surface area contributed by atoms with Crippen LogP contribution >= 0.6 is 0 Å². The summed E-state index contributed by atoms with van der Waals surface area (Å²) in [5.74, 6) is -2.22. The lowest BCUT2D eigenvalue weighted by molar-refractivity contribution is -0.163. The van der Waals surface area contributed by atoms with Gasteiger partial charge in [0, 0.05) is 13.0 Å². The first-order valence-corrected chi connectivity index (χ1v) is 4.51. The standard InChI is InChI=1S/C10H14O4/c1-2-14-10(13)5-3-4-8(7-10)6-9(11)12/h3-5,13H,2,6-7H2,1H3,(H,11,12). The molecule has 1 unspecified atom stereocenters. The minimum absolute atomic E-state index is 0.0558. The van der Waals surface area contributed by atoms with Crippen molar-refractivity contribution < 1.29 is 19.7 Å². The van der Waals surface area contributed by atoms with Gasteiger partial charge < -0.3 is 14.9 Å². The molecule has 78 valence electrons. The van der Waals surface area contributed by atoms with Gasteiger partial charge in [0.25, 0.3) is 0 Å². The fraction of sp³-hybridized carbons (Fsp3) is 0.500. The van der Waals surface area contributed by atoms with E-state index in [1.54, 1.807) is 19.1 Å². The van der Waals surface area contributed by atoms with Gasteiger partial charge in [0.2, 0.25) is 0 Å². The van der Waals surface area contributed by atoms with E-state index in [1.807, 2.05) is 0 Å². The summed E-state index contributed by atoms with van der Waals surface area (Å²) in [6.07, 6.45) is 5.02. The van der Waals surface area contributed by atoms with Gasteiger partial charge >= 0.3 is 5.97 Å². The first kappa shape index (κ1) is 10.9. The number of ether oxygens (including phenoxy) is 1. The van der Waals surface area contributed by atoms with Crippen LogP contribution in [0.2, 0.25) is 0 Å². The molecule has 0 bridgehead atoms.